The highest BCUT2D eigenvalue weighted by atomic mass is 79.9. The average molecular weight is 309 g/mol. The molecule has 0 aliphatic carbocycles. The second kappa shape index (κ2) is 5.63. The molecule has 18 heavy (non-hydrogen) atoms. The lowest BCUT2D eigenvalue weighted by atomic mass is 10.1. The lowest BCUT2D eigenvalue weighted by Crippen LogP contribution is -2.07. The summed E-state index contributed by atoms with van der Waals surface area (Å²) in [5.41, 5.74) is 10.3. The smallest absolute Gasteiger partial charge is 0.0678 e. The highest BCUT2D eigenvalue weighted by molar-refractivity contribution is 9.10. The Bertz CT molecular complexity index is 548. The first-order valence-corrected chi connectivity index (χ1v) is 6.73. The summed E-state index contributed by atoms with van der Waals surface area (Å²) in [7, 11) is 0. The number of hydrogen-bond donors (Lipinski definition) is 1. The van der Waals surface area contributed by atoms with Crippen LogP contribution in [0, 0.1) is 13.8 Å². The minimum atomic E-state index is 0.659. The number of pyridine rings is 1. The number of nitrogens with zero attached hydrogens (tertiary/aromatic N) is 3. The van der Waals surface area contributed by atoms with Gasteiger partial charge in [-0.05, 0) is 59.9 Å². The molecule has 0 atom stereocenters. The number of rotatable bonds is 4. The van der Waals surface area contributed by atoms with Crippen LogP contribution in [0.15, 0.2) is 22.9 Å². The maximum Gasteiger partial charge on any atom is 0.0678 e. The average Bonchev–Trinajstić information content (AvgIpc) is 2.57. The van der Waals surface area contributed by atoms with Crippen LogP contribution in [-0.2, 0) is 13.0 Å². The van der Waals surface area contributed by atoms with Gasteiger partial charge in [0, 0.05) is 22.6 Å². The van der Waals surface area contributed by atoms with E-state index in [9.17, 15) is 0 Å². The molecule has 2 aromatic heterocycles. The first kappa shape index (κ1) is 13.2. The topological polar surface area (TPSA) is 56.7 Å². The Kier molecular flexibility index (Phi) is 4.14. The van der Waals surface area contributed by atoms with E-state index < -0.39 is 0 Å². The highest BCUT2D eigenvalue weighted by Crippen LogP contribution is 2.16. The third kappa shape index (κ3) is 2.79. The molecule has 0 bridgehead atoms. The number of nitrogens with two attached hydrogens (primary N) is 1. The summed E-state index contributed by atoms with van der Waals surface area (Å²) in [6.07, 6.45) is 4.53. The standard InChI is InChI=1S/C13H17BrN4/c1-9-13(3-4-15)10(2)18(17-9)8-11-5-12(14)7-16-6-11/h5-7H,3-4,8,15H2,1-2H3. The van der Waals surface area contributed by atoms with Gasteiger partial charge in [0.05, 0.1) is 12.2 Å². The fourth-order valence-corrected chi connectivity index (χ4v) is 2.52. The number of aromatic nitrogens is 3. The van der Waals surface area contributed by atoms with Crippen LogP contribution in [0.5, 0.6) is 0 Å². The number of halogens is 1. The van der Waals surface area contributed by atoms with Gasteiger partial charge in [-0.2, -0.15) is 5.10 Å². The van der Waals surface area contributed by atoms with Gasteiger partial charge in [0.2, 0.25) is 0 Å². The van der Waals surface area contributed by atoms with Gasteiger partial charge >= 0.3 is 0 Å². The van der Waals surface area contributed by atoms with Crippen LogP contribution in [0.2, 0.25) is 0 Å². The second-order valence-electron chi connectivity index (χ2n) is 4.36. The van der Waals surface area contributed by atoms with Gasteiger partial charge < -0.3 is 5.73 Å². The van der Waals surface area contributed by atoms with Gasteiger partial charge in [0.15, 0.2) is 0 Å². The van der Waals surface area contributed by atoms with E-state index in [0.717, 1.165) is 28.7 Å². The van der Waals surface area contributed by atoms with Crippen LogP contribution in [0.3, 0.4) is 0 Å². The van der Waals surface area contributed by atoms with Crippen molar-refractivity contribution >= 4 is 15.9 Å². The zero-order valence-electron chi connectivity index (χ0n) is 10.7. The second-order valence-corrected chi connectivity index (χ2v) is 5.27. The van der Waals surface area contributed by atoms with E-state index in [1.165, 1.54) is 11.3 Å². The summed E-state index contributed by atoms with van der Waals surface area (Å²) in [5, 5.41) is 4.57. The molecule has 4 nitrogen and oxygen atoms in total. The molecule has 0 fully saturated rings. The van der Waals surface area contributed by atoms with Gasteiger partial charge in [0.1, 0.15) is 0 Å². The molecule has 96 valence electrons. The minimum Gasteiger partial charge on any atom is -0.330 e. The fraction of sp³-hybridized carbons (Fsp3) is 0.385. The molecule has 0 saturated heterocycles. The molecular weight excluding hydrogens is 292 g/mol. The van der Waals surface area contributed by atoms with Crippen molar-refractivity contribution in [2.75, 3.05) is 6.54 Å². The van der Waals surface area contributed by atoms with Gasteiger partial charge in [-0.25, -0.2) is 0 Å². The Balaban J connectivity index is 2.27. The van der Waals surface area contributed by atoms with Gasteiger partial charge in [-0.1, -0.05) is 0 Å². The summed E-state index contributed by atoms with van der Waals surface area (Å²) in [6, 6.07) is 2.06. The van der Waals surface area contributed by atoms with Gasteiger partial charge in [-0.15, -0.1) is 0 Å². The van der Waals surface area contributed by atoms with Crippen molar-refractivity contribution in [3.63, 3.8) is 0 Å². The first-order chi connectivity index (χ1) is 8.61. The quantitative estimate of drug-likeness (QED) is 0.942. The fourth-order valence-electron chi connectivity index (χ4n) is 2.11. The highest BCUT2D eigenvalue weighted by Gasteiger charge is 2.10. The molecule has 0 spiro atoms. The van der Waals surface area contributed by atoms with Crippen molar-refractivity contribution in [2.45, 2.75) is 26.8 Å². The Morgan fingerprint density at radius 3 is 2.78 bits per heavy atom. The van der Waals surface area contributed by atoms with Gasteiger partial charge in [0.25, 0.3) is 0 Å². The molecule has 5 heteroatoms. The molecule has 0 radical (unpaired) electrons. The third-order valence-corrected chi connectivity index (χ3v) is 3.45. The Morgan fingerprint density at radius 1 is 1.33 bits per heavy atom. The van der Waals surface area contributed by atoms with Crippen LogP contribution >= 0.6 is 15.9 Å². The first-order valence-electron chi connectivity index (χ1n) is 5.94. The van der Waals surface area contributed by atoms with Crippen molar-refractivity contribution in [3.8, 4) is 0 Å². The Labute approximate surface area is 115 Å². The molecule has 0 unspecified atom stereocenters. The Morgan fingerprint density at radius 2 is 2.11 bits per heavy atom. The summed E-state index contributed by atoms with van der Waals surface area (Å²) in [6.45, 7) is 5.53. The molecule has 2 rings (SSSR count). The van der Waals surface area contributed by atoms with E-state index in [0.29, 0.717) is 6.54 Å². The lowest BCUT2D eigenvalue weighted by Gasteiger charge is -2.05. The van der Waals surface area contributed by atoms with Crippen molar-refractivity contribution in [1.82, 2.24) is 14.8 Å². The molecule has 0 amide bonds. The summed E-state index contributed by atoms with van der Waals surface area (Å²) in [5.74, 6) is 0. The number of hydrogen-bond acceptors (Lipinski definition) is 3. The lowest BCUT2D eigenvalue weighted by molar-refractivity contribution is 0.656. The molecule has 0 saturated carbocycles. The van der Waals surface area contributed by atoms with Crippen LogP contribution in [0.25, 0.3) is 0 Å². The minimum absolute atomic E-state index is 0.659. The van der Waals surface area contributed by atoms with E-state index in [-0.39, 0.29) is 0 Å². The number of aryl methyl sites for hydroxylation is 1. The normalized spacial score (nSPS) is 10.9. The maximum absolute atomic E-state index is 5.63. The molecule has 0 aliphatic heterocycles. The molecule has 2 aromatic rings. The SMILES string of the molecule is Cc1nn(Cc2cncc(Br)c2)c(C)c1CCN. The van der Waals surface area contributed by atoms with E-state index >= 15 is 0 Å². The van der Waals surface area contributed by atoms with E-state index in [1.807, 2.05) is 17.8 Å². The summed E-state index contributed by atoms with van der Waals surface area (Å²) < 4.78 is 3.01. The van der Waals surface area contributed by atoms with Crippen LogP contribution in [0.4, 0.5) is 0 Å². The zero-order valence-corrected chi connectivity index (χ0v) is 12.2. The third-order valence-electron chi connectivity index (χ3n) is 3.02. The molecule has 2 N–H and O–H groups in total. The Hall–Kier alpha value is -1.20. The molecular formula is C13H17BrN4. The van der Waals surface area contributed by atoms with Crippen molar-refractivity contribution < 1.29 is 0 Å². The summed E-state index contributed by atoms with van der Waals surface area (Å²) in [4.78, 5) is 4.17. The maximum atomic E-state index is 5.63. The zero-order chi connectivity index (χ0) is 13.1. The van der Waals surface area contributed by atoms with Crippen molar-refractivity contribution in [3.05, 3.63) is 45.4 Å². The monoisotopic (exact) mass is 308 g/mol. The molecule has 0 aliphatic rings. The van der Waals surface area contributed by atoms with E-state index in [2.05, 4.69) is 39.0 Å². The summed E-state index contributed by atoms with van der Waals surface area (Å²) >= 11 is 3.43. The van der Waals surface area contributed by atoms with Crippen molar-refractivity contribution in [2.24, 2.45) is 5.73 Å². The van der Waals surface area contributed by atoms with Crippen LogP contribution in [0.1, 0.15) is 22.5 Å². The van der Waals surface area contributed by atoms with E-state index in [1.54, 1.807) is 6.20 Å². The largest absolute Gasteiger partial charge is 0.330 e. The van der Waals surface area contributed by atoms with Crippen LogP contribution in [-0.4, -0.2) is 21.3 Å². The van der Waals surface area contributed by atoms with Gasteiger partial charge in [-0.3, -0.25) is 9.67 Å². The van der Waals surface area contributed by atoms with Crippen molar-refractivity contribution in [1.29, 1.82) is 0 Å². The predicted octanol–water partition coefficient (Wildman–Crippen LogP) is 2.21. The molecule has 0 aromatic carbocycles. The predicted molar refractivity (Wildman–Crippen MR) is 75.5 cm³/mol. The van der Waals surface area contributed by atoms with E-state index in [4.69, 9.17) is 5.73 Å². The molecule has 2 heterocycles. The van der Waals surface area contributed by atoms with Crippen LogP contribution < -0.4 is 5.73 Å².